The maximum absolute atomic E-state index is 12.3. The third-order valence-corrected chi connectivity index (χ3v) is 11.0. The van der Waals surface area contributed by atoms with E-state index >= 15 is 0 Å². The average molecular weight is 910 g/mol. The highest BCUT2D eigenvalue weighted by atomic mass is 35.5. The lowest BCUT2D eigenvalue weighted by atomic mass is 9.98. The van der Waals surface area contributed by atoms with Gasteiger partial charge in [-0.05, 0) is 128 Å². The molecule has 4 aromatic rings. The molecule has 3 aliphatic rings. The number of ether oxygens (including phenoxy) is 2. The molecule has 1 atom stereocenters. The van der Waals surface area contributed by atoms with Gasteiger partial charge in [0.25, 0.3) is 11.8 Å². The minimum atomic E-state index is -0.537. The number of piperazine rings is 2. The second-order valence-electron chi connectivity index (χ2n) is 17.0. The Hall–Kier alpha value is -5.70. The highest BCUT2D eigenvalue weighted by Crippen LogP contribution is 2.29. The fourth-order valence-electron chi connectivity index (χ4n) is 7.67. The van der Waals surface area contributed by atoms with Crippen LogP contribution in [0.25, 0.3) is 34.4 Å². The molecule has 4 aromatic carbocycles. The molecular weight excluding hydrogens is 844 g/mol. The molecule has 3 heterocycles. The number of aryl methyl sites for hydroxylation is 2. The van der Waals surface area contributed by atoms with Gasteiger partial charge in [0.2, 0.25) is 0 Å². The van der Waals surface area contributed by atoms with Crippen molar-refractivity contribution in [3.05, 3.63) is 119 Å². The van der Waals surface area contributed by atoms with Gasteiger partial charge < -0.3 is 29.5 Å². The predicted molar refractivity (Wildman–Crippen MR) is 261 cm³/mol. The van der Waals surface area contributed by atoms with Crippen LogP contribution in [-0.4, -0.2) is 105 Å². The molecule has 3 amide bonds. The molecule has 1 unspecified atom stereocenters. The zero-order valence-corrected chi connectivity index (χ0v) is 39.3. The van der Waals surface area contributed by atoms with Gasteiger partial charge in [-0.15, -0.1) is 11.6 Å². The molecule has 0 saturated carbocycles. The topological polar surface area (TPSA) is 145 Å². The summed E-state index contributed by atoms with van der Waals surface area (Å²) in [5.41, 5.74) is 14.7. The summed E-state index contributed by atoms with van der Waals surface area (Å²) in [5, 5.41) is 11.9. The van der Waals surface area contributed by atoms with Crippen LogP contribution in [0.15, 0.2) is 97.1 Å². The van der Waals surface area contributed by atoms with Crippen LogP contribution in [0.4, 0.5) is 16.2 Å². The fraction of sp³-hybridized carbons (Fsp3) is 0.392. The van der Waals surface area contributed by atoms with E-state index in [0.29, 0.717) is 19.7 Å². The largest absolute Gasteiger partial charge is 0.444 e. The quantitative estimate of drug-likeness (QED) is 0.0528. The summed E-state index contributed by atoms with van der Waals surface area (Å²) in [7, 11) is 0. The van der Waals surface area contributed by atoms with E-state index in [9.17, 15) is 14.4 Å². The molecule has 0 spiro atoms. The van der Waals surface area contributed by atoms with E-state index in [4.69, 9.17) is 19.5 Å². The smallest absolute Gasteiger partial charge is 0.410 e. The predicted octanol–water partition coefficient (Wildman–Crippen LogP) is 8.75. The first-order valence-electron chi connectivity index (χ1n) is 22.2. The number of amides is 3. The molecule has 348 valence electrons. The molecule has 3 fully saturated rings. The average Bonchev–Trinajstić information content (AvgIpc) is 3.33. The molecule has 3 saturated heterocycles. The second-order valence-corrected chi connectivity index (χ2v) is 17.0. The van der Waals surface area contributed by atoms with Crippen molar-refractivity contribution in [1.82, 2.24) is 21.2 Å². The zero-order valence-electron chi connectivity index (χ0n) is 38.6. The SMILES string of the molecule is CCl.Cc1cc(/C=C/C(=O)NO)ccc1-c1ccc(N2CCNCC2)cc1.Cc1cc(/C=C/C(=O)NOC2CCCCO2)ccc1-c1ccc(N2CCN(C(=O)OC(C)(C)C)CC2)cc1. The van der Waals surface area contributed by atoms with Crippen LogP contribution in [0.5, 0.6) is 0 Å². The number of hydroxylamine groups is 2. The molecular formula is C51H65ClN6O7. The van der Waals surface area contributed by atoms with Crippen molar-refractivity contribution in [3.8, 4) is 22.3 Å². The number of nitrogens with zero attached hydrogens (tertiary/aromatic N) is 3. The van der Waals surface area contributed by atoms with Crippen LogP contribution in [0, 0.1) is 13.8 Å². The van der Waals surface area contributed by atoms with E-state index in [2.05, 4.69) is 113 Å². The summed E-state index contributed by atoms with van der Waals surface area (Å²) < 4.78 is 10.9. The number of rotatable bonds is 10. The number of carbonyl (C=O) groups excluding carboxylic acids is 3. The summed E-state index contributed by atoms with van der Waals surface area (Å²) in [6, 6.07) is 29.4. The molecule has 0 bridgehead atoms. The minimum Gasteiger partial charge on any atom is -0.444 e. The third kappa shape index (κ3) is 15.8. The lowest BCUT2D eigenvalue weighted by Gasteiger charge is -2.36. The normalized spacial score (nSPS) is 16.6. The Morgan fingerprint density at radius 1 is 0.723 bits per heavy atom. The molecule has 3 aliphatic heterocycles. The summed E-state index contributed by atoms with van der Waals surface area (Å²) in [6.45, 7) is 17.4. The Bertz CT molecular complexity index is 2210. The van der Waals surface area contributed by atoms with E-state index in [1.165, 1.54) is 35.3 Å². The summed E-state index contributed by atoms with van der Waals surface area (Å²) in [6.07, 6.45) is 9.94. The first kappa shape index (κ1) is 50.3. The standard InChI is InChI=1S/C30H39N3O5.C20H23N3O2.CH3Cl/c1-22-21-23(9-15-27(34)31-38-28-7-5-6-20-36-28)8-14-26(22)24-10-12-25(13-11-24)32-16-18-33(19-17-32)29(35)37-30(2,3)4;1-15-14-16(3-9-20(24)22-25)2-8-19(15)17-4-6-18(7-5-17)23-12-10-21-11-13-23;1-2/h8-15,21,28H,5-7,16-20H2,1-4H3,(H,31,34);2-9,14,21,25H,10-13H2,1H3,(H,22,24);1H3/b15-9+;9-3+;. The van der Waals surface area contributed by atoms with Crippen molar-refractivity contribution >= 4 is 53.0 Å². The molecule has 13 nitrogen and oxygen atoms in total. The monoisotopic (exact) mass is 908 g/mol. The molecule has 7 rings (SSSR count). The zero-order chi connectivity index (χ0) is 46.8. The summed E-state index contributed by atoms with van der Waals surface area (Å²) in [4.78, 5) is 47.3. The maximum Gasteiger partial charge on any atom is 0.410 e. The van der Waals surface area contributed by atoms with Crippen LogP contribution in [-0.2, 0) is 23.9 Å². The number of nitrogens with one attached hydrogen (secondary N) is 3. The molecule has 0 aromatic heterocycles. The Morgan fingerprint density at radius 2 is 1.23 bits per heavy atom. The van der Waals surface area contributed by atoms with Gasteiger partial charge in [0.1, 0.15) is 5.60 Å². The molecule has 0 radical (unpaired) electrons. The third-order valence-electron chi connectivity index (χ3n) is 11.0. The van der Waals surface area contributed by atoms with Crippen molar-refractivity contribution in [2.24, 2.45) is 0 Å². The highest BCUT2D eigenvalue weighted by molar-refractivity contribution is 6.15. The minimum absolute atomic E-state index is 0.246. The number of anilines is 2. The summed E-state index contributed by atoms with van der Waals surface area (Å²) in [5.74, 6) is -0.853. The van der Waals surface area contributed by atoms with Crippen molar-refractivity contribution in [2.45, 2.75) is 65.8 Å². The fourth-order valence-corrected chi connectivity index (χ4v) is 7.67. The number of hydrogen-bond acceptors (Lipinski definition) is 10. The molecule has 0 aliphatic carbocycles. The van der Waals surface area contributed by atoms with Crippen LogP contribution in [0.1, 0.15) is 62.3 Å². The van der Waals surface area contributed by atoms with Crippen LogP contribution in [0.3, 0.4) is 0 Å². The first-order chi connectivity index (χ1) is 31.3. The van der Waals surface area contributed by atoms with Gasteiger partial charge in [0.05, 0.1) is 0 Å². The van der Waals surface area contributed by atoms with Gasteiger partial charge in [0.15, 0.2) is 6.29 Å². The van der Waals surface area contributed by atoms with Gasteiger partial charge in [-0.3, -0.25) is 14.8 Å². The summed E-state index contributed by atoms with van der Waals surface area (Å²) >= 11 is 4.64. The van der Waals surface area contributed by atoms with Gasteiger partial charge in [-0.2, -0.15) is 0 Å². The van der Waals surface area contributed by atoms with E-state index < -0.39 is 11.5 Å². The molecule has 14 heteroatoms. The molecule has 65 heavy (non-hydrogen) atoms. The van der Waals surface area contributed by atoms with Crippen molar-refractivity contribution in [1.29, 1.82) is 0 Å². The van der Waals surface area contributed by atoms with Gasteiger partial charge in [0, 0.05) is 95.3 Å². The van der Waals surface area contributed by atoms with Crippen LogP contribution < -0.4 is 26.1 Å². The maximum atomic E-state index is 12.3. The van der Waals surface area contributed by atoms with E-state index in [-0.39, 0.29) is 18.3 Å². The van der Waals surface area contributed by atoms with Crippen molar-refractivity contribution in [2.75, 3.05) is 75.1 Å². The van der Waals surface area contributed by atoms with Crippen molar-refractivity contribution in [3.63, 3.8) is 0 Å². The Kier molecular flexibility index (Phi) is 19.4. The Balaban J connectivity index is 0.000000254. The van der Waals surface area contributed by atoms with Crippen molar-refractivity contribution < 1.29 is 33.9 Å². The lowest BCUT2D eigenvalue weighted by Crippen LogP contribution is -2.50. The van der Waals surface area contributed by atoms with E-state index in [1.807, 2.05) is 39.0 Å². The van der Waals surface area contributed by atoms with Gasteiger partial charge >= 0.3 is 6.09 Å². The Labute approximate surface area is 389 Å². The lowest BCUT2D eigenvalue weighted by molar-refractivity contribution is -0.198. The number of hydrogen-bond donors (Lipinski definition) is 4. The molecule has 4 N–H and O–H groups in total. The number of halogens is 1. The number of benzene rings is 4. The van der Waals surface area contributed by atoms with Crippen LogP contribution >= 0.6 is 11.6 Å². The number of carbonyl (C=O) groups is 3. The first-order valence-corrected chi connectivity index (χ1v) is 23.0. The van der Waals surface area contributed by atoms with E-state index in [0.717, 1.165) is 97.6 Å². The Morgan fingerprint density at radius 3 is 1.69 bits per heavy atom. The van der Waals surface area contributed by atoms with Crippen LogP contribution in [0.2, 0.25) is 0 Å². The number of alkyl halides is 1. The van der Waals surface area contributed by atoms with Gasteiger partial charge in [-0.1, -0.05) is 60.7 Å². The van der Waals surface area contributed by atoms with Gasteiger partial charge in [-0.25, -0.2) is 20.6 Å². The van der Waals surface area contributed by atoms with E-state index in [1.54, 1.807) is 22.5 Å². The highest BCUT2D eigenvalue weighted by Gasteiger charge is 2.26. The second kappa shape index (κ2) is 25.1.